The van der Waals surface area contributed by atoms with Crippen molar-refractivity contribution in [1.82, 2.24) is 0 Å². The third-order valence-corrected chi connectivity index (χ3v) is 9.54. The van der Waals surface area contributed by atoms with E-state index in [0.717, 1.165) is 11.6 Å². The molecule has 1 aromatic carbocycles. The van der Waals surface area contributed by atoms with Gasteiger partial charge < -0.3 is 74.0 Å². The fourth-order valence-electron chi connectivity index (χ4n) is 6.15. The van der Waals surface area contributed by atoms with Gasteiger partial charge in [-0.1, -0.05) is 35.9 Å². The van der Waals surface area contributed by atoms with Crippen LogP contribution in [-0.2, 0) is 38.0 Å². The van der Waals surface area contributed by atoms with Gasteiger partial charge in [0.25, 0.3) is 0 Å². The molecule has 16 atom stereocenters. The number of ether oxygens (including phenoxy) is 7. The number of esters is 1. The van der Waals surface area contributed by atoms with E-state index in [1.165, 1.54) is 26.0 Å². The highest BCUT2D eigenvalue weighted by Crippen LogP contribution is 2.33. The number of carbonyl (C=O) groups is 1. The van der Waals surface area contributed by atoms with Gasteiger partial charge in [-0.05, 0) is 59.6 Å². The van der Waals surface area contributed by atoms with Crippen LogP contribution in [0.3, 0.4) is 0 Å². The molecule has 8 N–H and O–H groups in total. The van der Waals surface area contributed by atoms with E-state index >= 15 is 0 Å². The number of phenolic OH excluding ortho intramolecular Hbond substituents is 1. The molecule has 16 heteroatoms. The molecule has 0 spiro atoms. The number of hydrogen-bond donors (Lipinski definition) is 8. The Hall–Kier alpha value is -2.81. The molecule has 0 bridgehead atoms. The standard InChI is InChI=1S/C37H54O16/c1-7-37(6,16-10-11-18(2)3)53-36-30(45)28(43)26(41)23(50-36)17-47-34-31(46)33(52-35-29(44)27(42)25(40)19(4)48-35)32(20(5)49-34)51-24(39)15-14-21-12-8-9-13-22(21)38/h7-9,11-15,19-20,23,25-36,38,40-46H,1,10,16-17H2,2-6H3/b15-14-/t19-,20-,23+,25-,26+,27+,28-,29+,30+,31+,32-,33-,34+,35-,36-,37+/m0/s1. The minimum atomic E-state index is -1.78. The maximum atomic E-state index is 13.0. The Kier molecular flexibility index (Phi) is 15.1. The van der Waals surface area contributed by atoms with Crippen molar-refractivity contribution in [3.05, 3.63) is 60.2 Å². The van der Waals surface area contributed by atoms with Crippen molar-refractivity contribution in [2.45, 2.75) is 145 Å². The van der Waals surface area contributed by atoms with Crippen LogP contribution in [0.2, 0.25) is 0 Å². The first-order valence-electron chi connectivity index (χ1n) is 17.6. The summed E-state index contributed by atoms with van der Waals surface area (Å²) < 4.78 is 40.8. The van der Waals surface area contributed by atoms with E-state index in [4.69, 9.17) is 33.2 Å². The molecule has 0 aromatic heterocycles. The summed E-state index contributed by atoms with van der Waals surface area (Å²) in [5.74, 6) is -0.991. The average molecular weight is 755 g/mol. The summed E-state index contributed by atoms with van der Waals surface area (Å²) in [6.07, 6.45) is -15.5. The summed E-state index contributed by atoms with van der Waals surface area (Å²) >= 11 is 0. The summed E-state index contributed by atoms with van der Waals surface area (Å²) in [5, 5.41) is 85.0. The molecule has 0 amide bonds. The number of aromatic hydroxyl groups is 1. The van der Waals surface area contributed by atoms with Crippen LogP contribution in [0.25, 0.3) is 6.08 Å². The van der Waals surface area contributed by atoms with Crippen LogP contribution in [-0.4, -0.2) is 151 Å². The lowest BCUT2D eigenvalue weighted by atomic mass is 9.96. The zero-order valence-corrected chi connectivity index (χ0v) is 30.5. The van der Waals surface area contributed by atoms with Crippen molar-refractivity contribution in [3.8, 4) is 5.75 Å². The van der Waals surface area contributed by atoms with E-state index in [-0.39, 0.29) is 5.75 Å². The number of benzene rings is 1. The maximum absolute atomic E-state index is 13.0. The maximum Gasteiger partial charge on any atom is 0.331 e. The van der Waals surface area contributed by atoms with E-state index in [2.05, 4.69) is 6.58 Å². The van der Waals surface area contributed by atoms with Crippen molar-refractivity contribution < 1.29 is 78.8 Å². The molecular weight excluding hydrogens is 700 g/mol. The van der Waals surface area contributed by atoms with E-state index < -0.39 is 110 Å². The van der Waals surface area contributed by atoms with Gasteiger partial charge in [0.15, 0.2) is 25.0 Å². The van der Waals surface area contributed by atoms with Crippen molar-refractivity contribution >= 4 is 12.0 Å². The summed E-state index contributed by atoms with van der Waals surface area (Å²) in [5.41, 5.74) is 0.451. The summed E-state index contributed by atoms with van der Waals surface area (Å²) in [7, 11) is 0. The Morgan fingerprint density at radius 1 is 0.830 bits per heavy atom. The first kappa shape index (κ1) is 42.9. The molecular formula is C37H54O16. The van der Waals surface area contributed by atoms with E-state index in [9.17, 15) is 45.6 Å². The molecule has 3 aliphatic rings. The van der Waals surface area contributed by atoms with Gasteiger partial charge in [0, 0.05) is 11.6 Å². The predicted molar refractivity (Wildman–Crippen MR) is 186 cm³/mol. The van der Waals surface area contributed by atoms with Crippen LogP contribution in [0.5, 0.6) is 5.75 Å². The highest BCUT2D eigenvalue weighted by molar-refractivity contribution is 5.87. The number of allylic oxidation sites excluding steroid dienone is 2. The smallest absolute Gasteiger partial charge is 0.331 e. The van der Waals surface area contributed by atoms with Gasteiger partial charge in [0.1, 0.15) is 60.7 Å². The fraction of sp³-hybridized carbons (Fsp3) is 0.649. The SMILES string of the molecule is C=C[C@](C)(CCC=C(C)C)O[C@@H]1O[C@H](CO[C@@H]2O[C@@H](C)[C@H](OC(=O)/C=C\c3ccccc3O)[C@@H](O[C@@H]3O[C@@H](C)[C@H](O)[C@@H](O)[C@H]3O)[C@H]2O)[C@@H](O)[C@H](O)[C@H]1O. The predicted octanol–water partition coefficient (Wildman–Crippen LogP) is 0.168. The van der Waals surface area contributed by atoms with Gasteiger partial charge in [0.2, 0.25) is 0 Å². The van der Waals surface area contributed by atoms with Crippen LogP contribution in [0.1, 0.15) is 53.0 Å². The molecule has 0 aliphatic carbocycles. The van der Waals surface area contributed by atoms with Gasteiger partial charge in [-0.25, -0.2) is 4.79 Å². The van der Waals surface area contributed by atoms with Crippen LogP contribution in [0.15, 0.2) is 54.6 Å². The second-order valence-corrected chi connectivity index (χ2v) is 14.1. The summed E-state index contributed by atoms with van der Waals surface area (Å²) in [6.45, 7) is 11.9. The Labute approximate surface area is 308 Å². The third kappa shape index (κ3) is 10.7. The summed E-state index contributed by atoms with van der Waals surface area (Å²) in [4.78, 5) is 13.0. The average Bonchev–Trinajstić information content (AvgIpc) is 3.11. The minimum absolute atomic E-state index is 0.0815. The molecule has 3 saturated heterocycles. The second kappa shape index (κ2) is 18.7. The van der Waals surface area contributed by atoms with Gasteiger partial charge in [0.05, 0.1) is 24.4 Å². The van der Waals surface area contributed by atoms with E-state index in [0.29, 0.717) is 18.4 Å². The topological polar surface area (TPSA) is 244 Å². The molecule has 0 unspecified atom stereocenters. The number of phenols is 1. The molecule has 0 radical (unpaired) electrons. The largest absolute Gasteiger partial charge is 0.507 e. The first-order valence-corrected chi connectivity index (χ1v) is 17.6. The molecule has 3 aliphatic heterocycles. The fourth-order valence-corrected chi connectivity index (χ4v) is 6.15. The number of rotatable bonds is 14. The van der Waals surface area contributed by atoms with E-state index in [1.807, 2.05) is 19.9 Å². The lowest BCUT2D eigenvalue weighted by Crippen LogP contribution is -2.64. The van der Waals surface area contributed by atoms with Gasteiger partial charge in [-0.2, -0.15) is 0 Å². The monoisotopic (exact) mass is 754 g/mol. The number of aliphatic hydroxyl groups excluding tert-OH is 7. The van der Waals surface area contributed by atoms with Crippen LogP contribution < -0.4 is 0 Å². The molecule has 0 saturated carbocycles. The van der Waals surface area contributed by atoms with Crippen molar-refractivity contribution in [3.63, 3.8) is 0 Å². The molecule has 3 heterocycles. The number of para-hydroxylation sites is 1. The molecule has 16 nitrogen and oxygen atoms in total. The highest BCUT2D eigenvalue weighted by Gasteiger charge is 2.52. The zero-order chi connectivity index (χ0) is 39.2. The number of hydrogen-bond acceptors (Lipinski definition) is 16. The zero-order valence-electron chi connectivity index (χ0n) is 30.5. The van der Waals surface area contributed by atoms with Gasteiger partial charge in [-0.15, -0.1) is 6.58 Å². The van der Waals surface area contributed by atoms with E-state index in [1.54, 1.807) is 31.2 Å². The quantitative estimate of drug-likeness (QED) is 0.0717. The van der Waals surface area contributed by atoms with Crippen LogP contribution >= 0.6 is 0 Å². The third-order valence-electron chi connectivity index (χ3n) is 9.54. The van der Waals surface area contributed by atoms with Gasteiger partial charge >= 0.3 is 5.97 Å². The number of aliphatic hydroxyl groups is 7. The van der Waals surface area contributed by atoms with Crippen molar-refractivity contribution in [2.24, 2.45) is 0 Å². The highest BCUT2D eigenvalue weighted by atomic mass is 16.8. The molecule has 53 heavy (non-hydrogen) atoms. The van der Waals surface area contributed by atoms with Crippen molar-refractivity contribution in [1.29, 1.82) is 0 Å². The van der Waals surface area contributed by atoms with Gasteiger partial charge in [-0.3, -0.25) is 0 Å². The molecule has 3 fully saturated rings. The Bertz CT molecular complexity index is 1420. The molecule has 1 aromatic rings. The molecule has 4 rings (SSSR count). The van der Waals surface area contributed by atoms with Crippen molar-refractivity contribution in [2.75, 3.05) is 6.61 Å². The van der Waals surface area contributed by atoms with Crippen LogP contribution in [0.4, 0.5) is 0 Å². The first-order chi connectivity index (χ1) is 25.0. The molecule has 298 valence electrons. The normalized spacial score (nSPS) is 38.9. The minimum Gasteiger partial charge on any atom is -0.507 e. The second-order valence-electron chi connectivity index (χ2n) is 14.1. The Morgan fingerprint density at radius 2 is 1.47 bits per heavy atom. The summed E-state index contributed by atoms with van der Waals surface area (Å²) in [6, 6.07) is 6.26. The lowest BCUT2D eigenvalue weighted by molar-refractivity contribution is -0.362. The Morgan fingerprint density at radius 3 is 2.13 bits per heavy atom. The number of carbonyl (C=O) groups excluding carboxylic acids is 1. The Balaban J connectivity index is 1.50. The lowest BCUT2D eigenvalue weighted by Gasteiger charge is -2.47. The van der Waals surface area contributed by atoms with Crippen LogP contribution in [0, 0.1) is 0 Å².